The van der Waals surface area contributed by atoms with Gasteiger partial charge in [0, 0.05) is 11.8 Å². The molecule has 0 fully saturated rings. The van der Waals surface area contributed by atoms with Crippen LogP contribution in [0.5, 0.6) is 0 Å². The van der Waals surface area contributed by atoms with Crippen LogP contribution in [0.3, 0.4) is 0 Å². The normalized spacial score (nSPS) is 11.8. The predicted octanol–water partition coefficient (Wildman–Crippen LogP) is 2.43. The number of nitrogens with one attached hydrogen (secondary N) is 1. The number of nitro benzene ring substituents is 1. The molecule has 0 aliphatic rings. The van der Waals surface area contributed by atoms with Gasteiger partial charge in [-0.2, -0.15) is 5.26 Å². The summed E-state index contributed by atoms with van der Waals surface area (Å²) in [6.07, 6.45) is 0. The van der Waals surface area contributed by atoms with E-state index in [-0.39, 0.29) is 11.3 Å². The molecular weight excluding hydrogens is 246 g/mol. The second-order valence-electron chi connectivity index (χ2n) is 5.41. The molecule has 0 aromatic heterocycles. The highest BCUT2D eigenvalue weighted by molar-refractivity contribution is 5.59. The lowest BCUT2D eigenvalue weighted by Crippen LogP contribution is -2.51. The second kappa shape index (κ2) is 4.86. The number of aliphatic hydroxyl groups is 1. The monoisotopic (exact) mass is 263 g/mol. The second-order valence-corrected chi connectivity index (χ2v) is 5.41. The average Bonchev–Trinajstić information content (AvgIpc) is 2.26. The standard InChI is InChI=1S/C13H17N3O3/c1-12(2,13(3,4)17)15-10-5-6-11(16(18)19)9(7-10)8-14/h5-7,15,17H,1-4H3. The summed E-state index contributed by atoms with van der Waals surface area (Å²) in [6.45, 7) is 6.94. The van der Waals surface area contributed by atoms with Crippen LogP contribution >= 0.6 is 0 Å². The largest absolute Gasteiger partial charge is 0.388 e. The molecule has 0 atom stereocenters. The van der Waals surface area contributed by atoms with Gasteiger partial charge in [0.1, 0.15) is 11.6 Å². The molecule has 0 aliphatic carbocycles. The van der Waals surface area contributed by atoms with E-state index < -0.39 is 16.1 Å². The van der Waals surface area contributed by atoms with Gasteiger partial charge in [-0.3, -0.25) is 10.1 Å². The number of hydrogen-bond acceptors (Lipinski definition) is 5. The van der Waals surface area contributed by atoms with Crippen LogP contribution in [0.15, 0.2) is 18.2 Å². The van der Waals surface area contributed by atoms with Gasteiger partial charge in [-0.1, -0.05) is 0 Å². The highest BCUT2D eigenvalue weighted by atomic mass is 16.6. The summed E-state index contributed by atoms with van der Waals surface area (Å²) < 4.78 is 0. The average molecular weight is 263 g/mol. The lowest BCUT2D eigenvalue weighted by molar-refractivity contribution is -0.385. The van der Waals surface area contributed by atoms with Gasteiger partial charge in [-0.25, -0.2) is 0 Å². The van der Waals surface area contributed by atoms with Crippen molar-refractivity contribution in [1.29, 1.82) is 5.26 Å². The van der Waals surface area contributed by atoms with E-state index in [1.54, 1.807) is 33.8 Å². The van der Waals surface area contributed by atoms with Crippen LogP contribution in [0.2, 0.25) is 0 Å². The minimum atomic E-state index is -0.998. The van der Waals surface area contributed by atoms with Gasteiger partial charge in [0.25, 0.3) is 5.69 Å². The van der Waals surface area contributed by atoms with Gasteiger partial charge in [0.15, 0.2) is 0 Å². The fraction of sp³-hybridized carbons (Fsp3) is 0.462. The summed E-state index contributed by atoms with van der Waals surface area (Å²) in [5.74, 6) is 0. The molecule has 0 saturated carbocycles. The molecule has 0 radical (unpaired) electrons. The van der Waals surface area contributed by atoms with Gasteiger partial charge < -0.3 is 10.4 Å². The van der Waals surface area contributed by atoms with Crippen molar-refractivity contribution in [3.05, 3.63) is 33.9 Å². The molecule has 0 bridgehead atoms. The summed E-state index contributed by atoms with van der Waals surface area (Å²) in [6, 6.07) is 6.01. The molecule has 1 rings (SSSR count). The van der Waals surface area contributed by atoms with E-state index in [0.29, 0.717) is 5.69 Å². The van der Waals surface area contributed by atoms with Crippen LogP contribution in [-0.4, -0.2) is 21.2 Å². The summed E-state index contributed by atoms with van der Waals surface area (Å²) in [5, 5.41) is 32.8. The van der Waals surface area contributed by atoms with E-state index >= 15 is 0 Å². The molecule has 0 heterocycles. The number of hydrogen-bond donors (Lipinski definition) is 2. The van der Waals surface area contributed by atoms with Crippen LogP contribution in [-0.2, 0) is 0 Å². The van der Waals surface area contributed by atoms with Crippen LogP contribution < -0.4 is 5.32 Å². The Morgan fingerprint density at radius 3 is 2.37 bits per heavy atom. The maximum absolute atomic E-state index is 10.7. The van der Waals surface area contributed by atoms with Crippen molar-refractivity contribution < 1.29 is 10.0 Å². The summed E-state index contributed by atoms with van der Waals surface area (Å²) in [5.41, 5.74) is -1.35. The fourth-order valence-corrected chi connectivity index (χ4v) is 1.38. The molecule has 19 heavy (non-hydrogen) atoms. The van der Waals surface area contributed by atoms with Gasteiger partial charge >= 0.3 is 0 Å². The number of anilines is 1. The molecule has 2 N–H and O–H groups in total. The number of rotatable bonds is 4. The smallest absolute Gasteiger partial charge is 0.287 e. The Kier molecular flexibility index (Phi) is 3.82. The van der Waals surface area contributed by atoms with Crippen LogP contribution in [0.25, 0.3) is 0 Å². The van der Waals surface area contributed by atoms with Crippen molar-refractivity contribution in [2.45, 2.75) is 38.8 Å². The number of nitriles is 1. The summed E-state index contributed by atoms with van der Waals surface area (Å²) in [4.78, 5) is 10.1. The molecule has 0 aliphatic heterocycles. The van der Waals surface area contributed by atoms with E-state index in [0.717, 1.165) is 0 Å². The van der Waals surface area contributed by atoms with E-state index in [4.69, 9.17) is 5.26 Å². The Hall–Kier alpha value is -2.13. The number of nitrogens with zero attached hydrogens (tertiary/aromatic N) is 2. The van der Waals surface area contributed by atoms with Gasteiger partial charge in [0.05, 0.1) is 16.1 Å². The summed E-state index contributed by atoms with van der Waals surface area (Å²) >= 11 is 0. The number of benzene rings is 1. The molecule has 102 valence electrons. The first-order valence-electron chi connectivity index (χ1n) is 5.77. The third-order valence-electron chi connectivity index (χ3n) is 3.30. The highest BCUT2D eigenvalue weighted by Crippen LogP contribution is 2.28. The third kappa shape index (κ3) is 3.20. The highest BCUT2D eigenvalue weighted by Gasteiger charge is 2.35. The summed E-state index contributed by atoms with van der Waals surface area (Å²) in [7, 11) is 0. The Morgan fingerprint density at radius 2 is 1.95 bits per heavy atom. The van der Waals surface area contributed by atoms with Crippen molar-refractivity contribution in [3.8, 4) is 6.07 Å². The quantitative estimate of drug-likeness (QED) is 0.642. The fourth-order valence-electron chi connectivity index (χ4n) is 1.38. The first kappa shape index (κ1) is 14.9. The molecular formula is C13H17N3O3. The first-order valence-corrected chi connectivity index (χ1v) is 5.77. The van der Waals surface area contributed by atoms with Gasteiger partial charge in [0.2, 0.25) is 0 Å². The van der Waals surface area contributed by atoms with Crippen molar-refractivity contribution in [1.82, 2.24) is 0 Å². The lowest BCUT2D eigenvalue weighted by atomic mass is 9.85. The zero-order valence-corrected chi connectivity index (χ0v) is 11.4. The van der Waals surface area contributed by atoms with E-state index in [1.165, 1.54) is 18.2 Å². The van der Waals surface area contributed by atoms with E-state index in [1.807, 2.05) is 0 Å². The van der Waals surface area contributed by atoms with Crippen molar-refractivity contribution in [2.24, 2.45) is 0 Å². The van der Waals surface area contributed by atoms with Gasteiger partial charge in [-0.15, -0.1) is 0 Å². The zero-order valence-electron chi connectivity index (χ0n) is 11.4. The topological polar surface area (TPSA) is 99.2 Å². The van der Waals surface area contributed by atoms with Gasteiger partial charge in [-0.05, 0) is 39.8 Å². The lowest BCUT2D eigenvalue weighted by Gasteiger charge is -2.38. The Labute approximate surface area is 111 Å². The maximum Gasteiger partial charge on any atom is 0.287 e. The Morgan fingerprint density at radius 1 is 1.37 bits per heavy atom. The van der Waals surface area contributed by atoms with E-state index in [2.05, 4.69) is 5.32 Å². The minimum Gasteiger partial charge on any atom is -0.388 e. The predicted molar refractivity (Wildman–Crippen MR) is 71.8 cm³/mol. The minimum absolute atomic E-state index is 0.0125. The van der Waals surface area contributed by atoms with Crippen molar-refractivity contribution in [3.63, 3.8) is 0 Å². The van der Waals surface area contributed by atoms with Crippen LogP contribution in [0, 0.1) is 21.4 Å². The van der Waals surface area contributed by atoms with Crippen molar-refractivity contribution >= 4 is 11.4 Å². The molecule has 6 heteroatoms. The van der Waals surface area contributed by atoms with Crippen LogP contribution in [0.1, 0.15) is 33.3 Å². The molecule has 0 spiro atoms. The zero-order chi connectivity index (χ0) is 14.8. The Bertz CT molecular complexity index is 539. The molecule has 0 amide bonds. The third-order valence-corrected chi connectivity index (χ3v) is 3.30. The SMILES string of the molecule is CC(C)(O)C(C)(C)Nc1ccc([N+](=O)[O-])c(C#N)c1. The molecule has 0 saturated heterocycles. The maximum atomic E-state index is 10.7. The molecule has 1 aromatic rings. The molecule has 0 unspecified atom stereocenters. The first-order chi connectivity index (χ1) is 8.58. The number of nitro groups is 1. The molecule has 6 nitrogen and oxygen atoms in total. The Balaban J connectivity index is 3.13. The van der Waals surface area contributed by atoms with E-state index in [9.17, 15) is 15.2 Å². The van der Waals surface area contributed by atoms with Crippen LogP contribution in [0.4, 0.5) is 11.4 Å². The van der Waals surface area contributed by atoms with Crippen molar-refractivity contribution in [2.75, 3.05) is 5.32 Å². The molecule has 1 aromatic carbocycles.